The molecular weight excluding hydrogens is 278 g/mol. The van der Waals surface area contributed by atoms with Gasteiger partial charge in [0.1, 0.15) is 0 Å². The zero-order chi connectivity index (χ0) is 13.5. The summed E-state index contributed by atoms with van der Waals surface area (Å²) in [5.74, 6) is 0.737. The van der Waals surface area contributed by atoms with Crippen molar-refractivity contribution in [1.29, 1.82) is 0 Å². The number of rotatable bonds is 5. The molecule has 6 heteroatoms. The van der Waals surface area contributed by atoms with E-state index in [1.54, 1.807) is 0 Å². The molecule has 0 spiro atoms. The highest BCUT2D eigenvalue weighted by Gasteiger charge is 2.19. The highest BCUT2D eigenvalue weighted by atomic mass is 35.5. The maximum Gasteiger partial charge on any atom is 0.224 e. The van der Waals surface area contributed by atoms with Gasteiger partial charge in [-0.2, -0.15) is 0 Å². The van der Waals surface area contributed by atoms with Gasteiger partial charge in [-0.15, -0.1) is 12.4 Å². The van der Waals surface area contributed by atoms with Crippen molar-refractivity contribution in [1.82, 2.24) is 15.5 Å². The van der Waals surface area contributed by atoms with Crippen molar-refractivity contribution in [2.45, 2.75) is 38.5 Å². The molecule has 5 nitrogen and oxygen atoms in total. The summed E-state index contributed by atoms with van der Waals surface area (Å²) in [7, 11) is 0. The number of likely N-dealkylation sites (tertiary alicyclic amines) is 1. The zero-order valence-corrected chi connectivity index (χ0v) is 12.8. The minimum Gasteiger partial charge on any atom is -0.356 e. The van der Waals surface area contributed by atoms with E-state index >= 15 is 0 Å². The molecule has 0 aromatic heterocycles. The SMILES string of the molecule is Cl.O=C(CC1CCNC1)NCCC(=O)N1CCCCC1. The summed E-state index contributed by atoms with van der Waals surface area (Å²) >= 11 is 0. The molecule has 2 rings (SSSR count). The van der Waals surface area contributed by atoms with Crippen molar-refractivity contribution < 1.29 is 9.59 Å². The molecule has 2 aliphatic rings. The largest absolute Gasteiger partial charge is 0.356 e. The quantitative estimate of drug-likeness (QED) is 0.794. The van der Waals surface area contributed by atoms with Crippen LogP contribution in [0.5, 0.6) is 0 Å². The van der Waals surface area contributed by atoms with E-state index in [9.17, 15) is 9.59 Å². The smallest absolute Gasteiger partial charge is 0.224 e. The summed E-state index contributed by atoms with van der Waals surface area (Å²) in [4.78, 5) is 25.5. The number of amides is 2. The summed E-state index contributed by atoms with van der Waals surface area (Å²) in [6, 6.07) is 0. The second kappa shape index (κ2) is 9.19. The minimum absolute atomic E-state index is 0. The van der Waals surface area contributed by atoms with Crippen LogP contribution in [0.4, 0.5) is 0 Å². The van der Waals surface area contributed by atoms with Crippen LogP contribution in [0.25, 0.3) is 0 Å². The van der Waals surface area contributed by atoms with Crippen LogP contribution in [-0.2, 0) is 9.59 Å². The van der Waals surface area contributed by atoms with E-state index in [-0.39, 0.29) is 24.2 Å². The number of hydrogen-bond donors (Lipinski definition) is 2. The third-order valence-electron chi connectivity index (χ3n) is 4.01. The maximum absolute atomic E-state index is 11.9. The van der Waals surface area contributed by atoms with Crippen LogP contribution in [0.15, 0.2) is 0 Å². The van der Waals surface area contributed by atoms with Crippen molar-refractivity contribution in [3.63, 3.8) is 0 Å². The molecule has 2 N–H and O–H groups in total. The lowest BCUT2D eigenvalue weighted by Crippen LogP contribution is -2.38. The van der Waals surface area contributed by atoms with Crippen molar-refractivity contribution in [2.75, 3.05) is 32.7 Å². The summed E-state index contributed by atoms with van der Waals surface area (Å²) in [5.41, 5.74) is 0. The first-order valence-electron chi connectivity index (χ1n) is 7.51. The molecule has 0 bridgehead atoms. The van der Waals surface area contributed by atoms with Gasteiger partial charge in [0.25, 0.3) is 0 Å². The summed E-state index contributed by atoms with van der Waals surface area (Å²) in [5, 5.41) is 6.12. The van der Waals surface area contributed by atoms with Crippen LogP contribution in [0.2, 0.25) is 0 Å². The second-order valence-electron chi connectivity index (χ2n) is 5.60. The Hall–Kier alpha value is -0.810. The number of carbonyl (C=O) groups excluding carboxylic acids is 2. The van der Waals surface area contributed by atoms with Gasteiger partial charge in [0.05, 0.1) is 0 Å². The molecule has 0 aromatic carbocycles. The summed E-state index contributed by atoms with van der Waals surface area (Å²) < 4.78 is 0. The third kappa shape index (κ3) is 5.67. The highest BCUT2D eigenvalue weighted by molar-refractivity contribution is 5.85. The van der Waals surface area contributed by atoms with Gasteiger partial charge >= 0.3 is 0 Å². The molecule has 2 amide bonds. The second-order valence-corrected chi connectivity index (χ2v) is 5.60. The summed E-state index contributed by atoms with van der Waals surface area (Å²) in [6.45, 7) is 4.22. The van der Waals surface area contributed by atoms with E-state index in [0.29, 0.717) is 25.3 Å². The number of piperidine rings is 1. The molecule has 1 unspecified atom stereocenters. The molecule has 1 atom stereocenters. The van der Waals surface area contributed by atoms with Gasteiger partial charge in [-0.25, -0.2) is 0 Å². The van der Waals surface area contributed by atoms with E-state index in [2.05, 4.69) is 10.6 Å². The lowest BCUT2D eigenvalue weighted by Gasteiger charge is -2.26. The van der Waals surface area contributed by atoms with Gasteiger partial charge in [-0.05, 0) is 44.7 Å². The van der Waals surface area contributed by atoms with E-state index in [0.717, 1.165) is 45.4 Å². The first-order valence-corrected chi connectivity index (χ1v) is 7.51. The van der Waals surface area contributed by atoms with Gasteiger partial charge in [0.2, 0.25) is 11.8 Å². The fourth-order valence-electron chi connectivity index (χ4n) is 2.83. The van der Waals surface area contributed by atoms with Gasteiger partial charge < -0.3 is 15.5 Å². The number of halogens is 1. The molecule has 116 valence electrons. The minimum atomic E-state index is 0. The van der Waals surface area contributed by atoms with E-state index in [1.165, 1.54) is 6.42 Å². The molecule has 20 heavy (non-hydrogen) atoms. The van der Waals surface area contributed by atoms with Gasteiger partial charge in [0, 0.05) is 32.5 Å². The molecule has 0 radical (unpaired) electrons. The molecule has 2 heterocycles. The third-order valence-corrected chi connectivity index (χ3v) is 4.01. The Kier molecular flexibility index (Phi) is 7.92. The normalized spacial score (nSPS) is 22.2. The van der Waals surface area contributed by atoms with Gasteiger partial charge in [-0.1, -0.05) is 0 Å². The number of nitrogens with zero attached hydrogens (tertiary/aromatic N) is 1. The predicted octanol–water partition coefficient (Wildman–Crippen LogP) is 0.927. The lowest BCUT2D eigenvalue weighted by atomic mass is 10.0. The van der Waals surface area contributed by atoms with Gasteiger partial charge in [-0.3, -0.25) is 9.59 Å². The van der Waals surface area contributed by atoms with Crippen molar-refractivity contribution in [3.05, 3.63) is 0 Å². The van der Waals surface area contributed by atoms with Crippen LogP contribution >= 0.6 is 12.4 Å². The molecule has 2 fully saturated rings. The Morgan fingerprint density at radius 1 is 1.20 bits per heavy atom. The Balaban J connectivity index is 0.00000200. The number of nitrogens with one attached hydrogen (secondary N) is 2. The Bertz CT molecular complexity index is 314. The topological polar surface area (TPSA) is 61.4 Å². The molecular formula is C14H26ClN3O2. The lowest BCUT2D eigenvalue weighted by molar-refractivity contribution is -0.132. The van der Waals surface area contributed by atoms with Crippen LogP contribution < -0.4 is 10.6 Å². The van der Waals surface area contributed by atoms with Crippen LogP contribution in [0, 0.1) is 5.92 Å². The first-order chi connectivity index (χ1) is 9.25. The standard InChI is InChI=1S/C14H25N3O2.ClH/c18-13(10-12-4-6-15-11-12)16-7-5-14(19)17-8-2-1-3-9-17;/h12,15H,1-11H2,(H,16,18);1H. The zero-order valence-electron chi connectivity index (χ0n) is 12.0. The number of carbonyl (C=O) groups is 2. The molecule has 2 aliphatic heterocycles. The van der Waals surface area contributed by atoms with Crippen molar-refractivity contribution >= 4 is 24.2 Å². The fourth-order valence-corrected chi connectivity index (χ4v) is 2.83. The average molecular weight is 304 g/mol. The molecule has 0 aromatic rings. The molecule has 2 saturated heterocycles. The van der Waals surface area contributed by atoms with Crippen molar-refractivity contribution in [2.24, 2.45) is 5.92 Å². The first kappa shape index (κ1) is 17.2. The Morgan fingerprint density at radius 3 is 2.60 bits per heavy atom. The Morgan fingerprint density at radius 2 is 1.95 bits per heavy atom. The number of hydrogen-bond acceptors (Lipinski definition) is 3. The molecule has 0 saturated carbocycles. The van der Waals surface area contributed by atoms with E-state index in [1.807, 2.05) is 4.90 Å². The maximum atomic E-state index is 11.9. The summed E-state index contributed by atoms with van der Waals surface area (Å²) in [6.07, 6.45) is 5.58. The molecule has 0 aliphatic carbocycles. The predicted molar refractivity (Wildman–Crippen MR) is 80.9 cm³/mol. The van der Waals surface area contributed by atoms with E-state index < -0.39 is 0 Å². The Labute approximate surface area is 127 Å². The van der Waals surface area contributed by atoms with Gasteiger partial charge in [0.15, 0.2) is 0 Å². The monoisotopic (exact) mass is 303 g/mol. The average Bonchev–Trinajstić information content (AvgIpc) is 2.92. The highest BCUT2D eigenvalue weighted by Crippen LogP contribution is 2.12. The van der Waals surface area contributed by atoms with E-state index in [4.69, 9.17) is 0 Å². The van der Waals surface area contributed by atoms with Crippen molar-refractivity contribution in [3.8, 4) is 0 Å². The van der Waals surface area contributed by atoms with Crippen LogP contribution in [-0.4, -0.2) is 49.4 Å². The fraction of sp³-hybridized carbons (Fsp3) is 0.857. The van der Waals surface area contributed by atoms with Crippen LogP contribution in [0.1, 0.15) is 38.5 Å². The van der Waals surface area contributed by atoms with Crippen LogP contribution in [0.3, 0.4) is 0 Å².